The average Bonchev–Trinajstić information content (AvgIpc) is 2.38. The Bertz CT molecular complexity index is 354. The zero-order chi connectivity index (χ0) is 14.3. The highest BCUT2D eigenvalue weighted by molar-refractivity contribution is 5.26. The van der Waals surface area contributed by atoms with Crippen molar-refractivity contribution in [2.75, 3.05) is 20.3 Å². The Hall–Kier alpha value is -1.07. The summed E-state index contributed by atoms with van der Waals surface area (Å²) < 4.78 is 42.5. The van der Waals surface area contributed by atoms with Crippen LogP contribution in [0.15, 0.2) is 24.3 Å². The van der Waals surface area contributed by atoms with Crippen molar-refractivity contribution in [3.8, 4) is 0 Å². The van der Waals surface area contributed by atoms with Gasteiger partial charge >= 0.3 is 6.18 Å². The number of methoxy groups -OCH3 is 1. The van der Waals surface area contributed by atoms with Crippen LogP contribution in [0, 0.1) is 0 Å². The lowest BCUT2D eigenvalue weighted by Crippen LogP contribution is -2.23. The molecule has 108 valence electrons. The van der Waals surface area contributed by atoms with Crippen LogP contribution in [-0.2, 0) is 10.9 Å². The van der Waals surface area contributed by atoms with Gasteiger partial charge in [-0.25, -0.2) is 0 Å². The van der Waals surface area contributed by atoms with Gasteiger partial charge in [-0.2, -0.15) is 13.2 Å². The molecular formula is C14H20F3NO. The summed E-state index contributed by atoms with van der Waals surface area (Å²) in [5.41, 5.74) is 0.246. The van der Waals surface area contributed by atoms with Crippen LogP contribution in [0.1, 0.15) is 36.9 Å². The first-order valence-corrected chi connectivity index (χ1v) is 6.38. The minimum Gasteiger partial charge on any atom is -0.385 e. The Labute approximate surface area is 112 Å². The fraction of sp³-hybridized carbons (Fsp3) is 0.571. The molecule has 0 bridgehead atoms. The van der Waals surface area contributed by atoms with E-state index >= 15 is 0 Å². The van der Waals surface area contributed by atoms with Crippen molar-refractivity contribution in [1.29, 1.82) is 0 Å². The molecule has 0 saturated heterocycles. The van der Waals surface area contributed by atoms with Gasteiger partial charge in [-0.1, -0.05) is 19.1 Å². The van der Waals surface area contributed by atoms with Crippen LogP contribution in [0.25, 0.3) is 0 Å². The van der Waals surface area contributed by atoms with Crippen molar-refractivity contribution >= 4 is 0 Å². The van der Waals surface area contributed by atoms with Crippen LogP contribution in [0.4, 0.5) is 13.2 Å². The Morgan fingerprint density at radius 3 is 2.32 bits per heavy atom. The van der Waals surface area contributed by atoms with Crippen LogP contribution in [0.2, 0.25) is 0 Å². The number of nitrogens with one attached hydrogen (secondary N) is 1. The molecule has 0 aliphatic carbocycles. The molecule has 19 heavy (non-hydrogen) atoms. The van der Waals surface area contributed by atoms with Gasteiger partial charge in [0.2, 0.25) is 0 Å². The molecule has 1 atom stereocenters. The van der Waals surface area contributed by atoms with E-state index in [-0.39, 0.29) is 6.04 Å². The monoisotopic (exact) mass is 275 g/mol. The molecule has 0 amide bonds. The number of hydrogen-bond donors (Lipinski definition) is 1. The molecule has 2 nitrogen and oxygen atoms in total. The normalized spacial score (nSPS) is 13.5. The van der Waals surface area contributed by atoms with Crippen LogP contribution in [-0.4, -0.2) is 20.3 Å². The summed E-state index contributed by atoms with van der Waals surface area (Å²) in [7, 11) is 1.61. The van der Waals surface area contributed by atoms with Crippen molar-refractivity contribution in [2.45, 2.75) is 32.0 Å². The van der Waals surface area contributed by atoms with Crippen LogP contribution in [0.3, 0.4) is 0 Å². The molecule has 0 radical (unpaired) electrons. The second-order valence-electron chi connectivity index (χ2n) is 4.41. The van der Waals surface area contributed by atoms with Gasteiger partial charge < -0.3 is 10.1 Å². The molecule has 5 heteroatoms. The predicted octanol–water partition coefficient (Wildman–Crippen LogP) is 3.78. The number of alkyl halides is 3. The quantitative estimate of drug-likeness (QED) is 0.817. The second-order valence-corrected chi connectivity index (χ2v) is 4.41. The molecule has 0 saturated carbocycles. The van der Waals surface area contributed by atoms with E-state index in [9.17, 15) is 13.2 Å². The van der Waals surface area contributed by atoms with Crippen molar-refractivity contribution in [1.82, 2.24) is 5.32 Å². The molecule has 0 aliphatic rings. The minimum absolute atomic E-state index is 0.0298. The molecule has 1 aromatic rings. The second kappa shape index (κ2) is 7.50. The Morgan fingerprint density at radius 2 is 1.84 bits per heavy atom. The number of benzene rings is 1. The third kappa shape index (κ3) is 5.20. The highest BCUT2D eigenvalue weighted by atomic mass is 19.4. The molecule has 0 aliphatic heterocycles. The lowest BCUT2D eigenvalue weighted by molar-refractivity contribution is -0.137. The van der Waals surface area contributed by atoms with E-state index in [1.54, 1.807) is 7.11 Å². The van der Waals surface area contributed by atoms with Crippen molar-refractivity contribution in [3.05, 3.63) is 35.4 Å². The summed E-state index contributed by atoms with van der Waals surface area (Å²) in [6, 6.07) is 5.35. The summed E-state index contributed by atoms with van der Waals surface area (Å²) in [4.78, 5) is 0. The Kier molecular flexibility index (Phi) is 6.31. The zero-order valence-corrected chi connectivity index (χ0v) is 11.3. The van der Waals surface area contributed by atoms with E-state index in [0.29, 0.717) is 6.61 Å². The smallest absolute Gasteiger partial charge is 0.385 e. The highest BCUT2D eigenvalue weighted by Gasteiger charge is 2.30. The van der Waals surface area contributed by atoms with Gasteiger partial charge in [0.25, 0.3) is 0 Å². The van der Waals surface area contributed by atoms with Gasteiger partial charge in [0, 0.05) is 19.8 Å². The number of ether oxygens (including phenoxy) is 1. The molecule has 1 unspecified atom stereocenters. The number of rotatable bonds is 7. The molecule has 0 fully saturated rings. The molecular weight excluding hydrogens is 255 g/mol. The maximum absolute atomic E-state index is 12.5. The summed E-state index contributed by atoms with van der Waals surface area (Å²) in [6.45, 7) is 3.45. The van der Waals surface area contributed by atoms with Gasteiger partial charge in [0.15, 0.2) is 0 Å². The Morgan fingerprint density at radius 1 is 1.21 bits per heavy atom. The van der Waals surface area contributed by atoms with Gasteiger partial charge in [0.1, 0.15) is 0 Å². The molecule has 0 spiro atoms. The predicted molar refractivity (Wildman–Crippen MR) is 69.0 cm³/mol. The average molecular weight is 275 g/mol. The molecule has 1 N–H and O–H groups in total. The summed E-state index contributed by atoms with van der Waals surface area (Å²) >= 11 is 0. The van der Waals surface area contributed by atoms with E-state index in [1.165, 1.54) is 12.1 Å². The summed E-state index contributed by atoms with van der Waals surface area (Å²) in [5, 5.41) is 3.32. The maximum atomic E-state index is 12.5. The fourth-order valence-electron chi connectivity index (χ4n) is 1.85. The van der Waals surface area contributed by atoms with Gasteiger partial charge in [-0.15, -0.1) is 0 Å². The Balaban J connectivity index is 2.78. The molecule has 0 aromatic heterocycles. The number of halogens is 3. The molecule has 1 rings (SSSR count). The standard InChI is InChI=1S/C14H20F3NO/c1-3-9-18-13(8-10-19-2)11-4-6-12(7-5-11)14(15,16)17/h4-7,13,18H,3,8-10H2,1-2H3. The zero-order valence-electron chi connectivity index (χ0n) is 11.3. The lowest BCUT2D eigenvalue weighted by atomic mass is 10.0. The summed E-state index contributed by atoms with van der Waals surface area (Å²) in [6.07, 6.45) is -2.57. The van der Waals surface area contributed by atoms with E-state index in [0.717, 1.165) is 37.1 Å². The maximum Gasteiger partial charge on any atom is 0.416 e. The third-order valence-corrected chi connectivity index (χ3v) is 2.89. The SMILES string of the molecule is CCCNC(CCOC)c1ccc(C(F)(F)F)cc1. The van der Waals surface area contributed by atoms with E-state index in [2.05, 4.69) is 5.32 Å². The van der Waals surface area contributed by atoms with Crippen LogP contribution in [0.5, 0.6) is 0 Å². The minimum atomic E-state index is -4.28. The van der Waals surface area contributed by atoms with Crippen molar-refractivity contribution < 1.29 is 17.9 Å². The lowest BCUT2D eigenvalue weighted by Gasteiger charge is -2.19. The van der Waals surface area contributed by atoms with E-state index in [4.69, 9.17) is 4.74 Å². The third-order valence-electron chi connectivity index (χ3n) is 2.89. The van der Waals surface area contributed by atoms with Gasteiger partial charge in [-0.05, 0) is 37.1 Å². The van der Waals surface area contributed by atoms with Gasteiger partial charge in [-0.3, -0.25) is 0 Å². The van der Waals surface area contributed by atoms with Crippen molar-refractivity contribution in [2.24, 2.45) is 0 Å². The first-order chi connectivity index (χ1) is 8.99. The van der Waals surface area contributed by atoms with Gasteiger partial charge in [0.05, 0.1) is 5.56 Å². The van der Waals surface area contributed by atoms with E-state index < -0.39 is 11.7 Å². The van der Waals surface area contributed by atoms with Crippen LogP contribution >= 0.6 is 0 Å². The van der Waals surface area contributed by atoms with Crippen molar-refractivity contribution in [3.63, 3.8) is 0 Å². The highest BCUT2D eigenvalue weighted by Crippen LogP contribution is 2.30. The molecule has 0 heterocycles. The first-order valence-electron chi connectivity index (χ1n) is 6.38. The number of hydrogen-bond acceptors (Lipinski definition) is 2. The fourth-order valence-corrected chi connectivity index (χ4v) is 1.85. The summed E-state index contributed by atoms with van der Waals surface area (Å²) in [5.74, 6) is 0. The largest absolute Gasteiger partial charge is 0.416 e. The first kappa shape index (κ1) is 16.0. The molecule has 1 aromatic carbocycles. The van der Waals surface area contributed by atoms with Crippen LogP contribution < -0.4 is 5.32 Å². The van der Waals surface area contributed by atoms with E-state index in [1.807, 2.05) is 6.92 Å². The topological polar surface area (TPSA) is 21.3 Å².